The summed E-state index contributed by atoms with van der Waals surface area (Å²) in [5.41, 5.74) is 1.40. The molecule has 152 valence electrons. The first-order chi connectivity index (χ1) is 13.6. The first-order valence-electron chi connectivity index (χ1n) is 10.8. The number of aliphatic carboxylic acids is 1. The summed E-state index contributed by atoms with van der Waals surface area (Å²) in [6.45, 7) is 2.04. The standard InChI is InChI=1S/C23H31NO4/c25-22(19-8-6-17(7-9-19)16-4-2-1-3-5-16)24-13-10-18(11-14-24)21-20(23(26)27)12-15-28-21/h1-5,17-21H,6-15H2,(H,26,27)/t17?,19?,20?,21-/m0/s1. The summed E-state index contributed by atoms with van der Waals surface area (Å²) in [6.07, 6.45) is 6.30. The van der Waals surface area contributed by atoms with Crippen molar-refractivity contribution in [3.05, 3.63) is 35.9 Å². The summed E-state index contributed by atoms with van der Waals surface area (Å²) in [5.74, 6) is 0.208. The highest BCUT2D eigenvalue weighted by molar-refractivity contribution is 5.79. The van der Waals surface area contributed by atoms with Crippen molar-refractivity contribution in [3.8, 4) is 0 Å². The summed E-state index contributed by atoms with van der Waals surface area (Å²) in [4.78, 5) is 26.4. The molecule has 5 heteroatoms. The molecule has 3 fully saturated rings. The maximum atomic E-state index is 13.0. The van der Waals surface area contributed by atoms with Crippen LogP contribution < -0.4 is 0 Å². The van der Waals surface area contributed by atoms with Gasteiger partial charge in [-0.1, -0.05) is 30.3 Å². The van der Waals surface area contributed by atoms with E-state index in [9.17, 15) is 14.7 Å². The molecule has 2 aliphatic heterocycles. The number of nitrogens with zero attached hydrogens (tertiary/aromatic N) is 1. The highest BCUT2D eigenvalue weighted by Gasteiger charge is 2.41. The lowest BCUT2D eigenvalue weighted by Gasteiger charge is -2.38. The van der Waals surface area contributed by atoms with E-state index in [4.69, 9.17) is 4.74 Å². The molecule has 2 atom stereocenters. The van der Waals surface area contributed by atoms with Crippen molar-refractivity contribution >= 4 is 11.9 Å². The molecule has 0 aromatic heterocycles. The first-order valence-corrected chi connectivity index (χ1v) is 10.8. The van der Waals surface area contributed by atoms with E-state index in [1.807, 2.05) is 4.90 Å². The number of hydrogen-bond donors (Lipinski definition) is 1. The van der Waals surface area contributed by atoms with Crippen molar-refractivity contribution in [1.82, 2.24) is 4.90 Å². The lowest BCUT2D eigenvalue weighted by Crippen LogP contribution is -2.45. The molecule has 4 rings (SSSR count). The number of rotatable bonds is 4. The van der Waals surface area contributed by atoms with Gasteiger partial charge < -0.3 is 14.7 Å². The fourth-order valence-corrected chi connectivity index (χ4v) is 5.45. The molecule has 2 saturated heterocycles. The second-order valence-electron chi connectivity index (χ2n) is 8.69. The molecule has 1 aliphatic carbocycles. The molecule has 3 aliphatic rings. The molecule has 1 unspecified atom stereocenters. The average Bonchev–Trinajstić information content (AvgIpc) is 3.24. The Morgan fingerprint density at radius 2 is 1.61 bits per heavy atom. The third-order valence-corrected chi connectivity index (χ3v) is 7.12. The minimum atomic E-state index is -0.740. The van der Waals surface area contributed by atoms with Crippen LogP contribution in [0.3, 0.4) is 0 Å². The number of piperidine rings is 1. The lowest BCUT2D eigenvalue weighted by atomic mass is 9.77. The van der Waals surface area contributed by atoms with Gasteiger partial charge in [0.05, 0.1) is 12.0 Å². The van der Waals surface area contributed by atoms with E-state index in [1.165, 1.54) is 5.56 Å². The molecular formula is C23H31NO4. The predicted octanol–water partition coefficient (Wildman–Crippen LogP) is 3.69. The number of hydrogen-bond acceptors (Lipinski definition) is 3. The number of ether oxygens (including phenoxy) is 1. The fourth-order valence-electron chi connectivity index (χ4n) is 5.45. The fraction of sp³-hybridized carbons (Fsp3) is 0.652. The van der Waals surface area contributed by atoms with Gasteiger partial charge >= 0.3 is 5.97 Å². The molecule has 0 radical (unpaired) electrons. The number of carboxylic acid groups (broad SMARTS) is 1. The second-order valence-corrected chi connectivity index (χ2v) is 8.69. The molecule has 1 aromatic rings. The monoisotopic (exact) mass is 385 g/mol. The molecule has 1 saturated carbocycles. The van der Waals surface area contributed by atoms with Crippen LogP contribution in [0.1, 0.15) is 56.4 Å². The van der Waals surface area contributed by atoms with Gasteiger partial charge in [0.25, 0.3) is 0 Å². The van der Waals surface area contributed by atoms with E-state index in [1.54, 1.807) is 0 Å². The van der Waals surface area contributed by atoms with E-state index in [2.05, 4.69) is 30.3 Å². The molecule has 5 nitrogen and oxygen atoms in total. The molecule has 2 heterocycles. The topological polar surface area (TPSA) is 66.8 Å². The van der Waals surface area contributed by atoms with Gasteiger partial charge in [0.2, 0.25) is 5.91 Å². The Hall–Kier alpha value is -1.88. The highest BCUT2D eigenvalue weighted by Crippen LogP contribution is 2.38. The van der Waals surface area contributed by atoms with Gasteiger partial charge in [0, 0.05) is 25.6 Å². The number of carboxylic acids is 1. The zero-order valence-electron chi connectivity index (χ0n) is 16.5. The van der Waals surface area contributed by atoms with Crippen molar-refractivity contribution in [2.24, 2.45) is 17.8 Å². The SMILES string of the molecule is O=C(O)C1CCO[C@H]1C1CCN(C(=O)C2CCC(c3ccccc3)CC2)CC1. The molecule has 0 spiro atoms. The molecular weight excluding hydrogens is 354 g/mol. The Morgan fingerprint density at radius 1 is 0.929 bits per heavy atom. The van der Waals surface area contributed by atoms with Gasteiger partial charge in [-0.3, -0.25) is 9.59 Å². The van der Waals surface area contributed by atoms with Crippen LogP contribution in [0, 0.1) is 17.8 Å². The van der Waals surface area contributed by atoms with Crippen LogP contribution in [0.4, 0.5) is 0 Å². The minimum Gasteiger partial charge on any atom is -0.481 e. The average molecular weight is 386 g/mol. The molecule has 1 N–H and O–H groups in total. The maximum Gasteiger partial charge on any atom is 0.309 e. The second kappa shape index (κ2) is 8.64. The Bertz CT molecular complexity index is 675. The maximum absolute atomic E-state index is 13.0. The first kappa shape index (κ1) is 19.4. The Labute approximate surface area is 167 Å². The van der Waals surface area contributed by atoms with Crippen molar-refractivity contribution in [1.29, 1.82) is 0 Å². The normalized spacial score (nSPS) is 31.6. The van der Waals surface area contributed by atoms with E-state index >= 15 is 0 Å². The molecule has 1 amide bonds. The van der Waals surface area contributed by atoms with Crippen LogP contribution >= 0.6 is 0 Å². The predicted molar refractivity (Wildman–Crippen MR) is 106 cm³/mol. The van der Waals surface area contributed by atoms with E-state index in [0.29, 0.717) is 24.9 Å². The van der Waals surface area contributed by atoms with Crippen LogP contribution in [0.2, 0.25) is 0 Å². The largest absolute Gasteiger partial charge is 0.481 e. The van der Waals surface area contributed by atoms with Crippen LogP contribution in [-0.2, 0) is 14.3 Å². The van der Waals surface area contributed by atoms with Gasteiger partial charge in [-0.15, -0.1) is 0 Å². The van der Waals surface area contributed by atoms with Gasteiger partial charge in [-0.05, 0) is 62.3 Å². The molecule has 28 heavy (non-hydrogen) atoms. The zero-order chi connectivity index (χ0) is 19.5. The number of benzene rings is 1. The van der Waals surface area contributed by atoms with Crippen LogP contribution in [-0.4, -0.2) is 47.7 Å². The van der Waals surface area contributed by atoms with Gasteiger partial charge in [0.1, 0.15) is 0 Å². The van der Waals surface area contributed by atoms with Crippen molar-refractivity contribution in [2.75, 3.05) is 19.7 Å². The van der Waals surface area contributed by atoms with Crippen molar-refractivity contribution in [3.63, 3.8) is 0 Å². The van der Waals surface area contributed by atoms with E-state index < -0.39 is 5.97 Å². The number of carbonyl (C=O) groups is 2. The molecule has 0 bridgehead atoms. The third kappa shape index (κ3) is 4.09. The smallest absolute Gasteiger partial charge is 0.309 e. The van der Waals surface area contributed by atoms with Crippen molar-refractivity contribution < 1.29 is 19.4 Å². The molecule has 1 aromatic carbocycles. The quantitative estimate of drug-likeness (QED) is 0.858. The van der Waals surface area contributed by atoms with Crippen LogP contribution in [0.25, 0.3) is 0 Å². The van der Waals surface area contributed by atoms with Gasteiger partial charge in [-0.2, -0.15) is 0 Å². The summed E-state index contributed by atoms with van der Waals surface area (Å²) in [6, 6.07) is 10.6. The summed E-state index contributed by atoms with van der Waals surface area (Å²) >= 11 is 0. The lowest BCUT2D eigenvalue weighted by molar-refractivity contribution is -0.146. The number of amides is 1. The van der Waals surface area contributed by atoms with E-state index in [-0.39, 0.29) is 23.9 Å². The van der Waals surface area contributed by atoms with Gasteiger partial charge in [-0.25, -0.2) is 0 Å². The zero-order valence-corrected chi connectivity index (χ0v) is 16.5. The Morgan fingerprint density at radius 3 is 2.25 bits per heavy atom. The Kier molecular flexibility index (Phi) is 6.00. The summed E-state index contributed by atoms with van der Waals surface area (Å²) < 4.78 is 5.75. The van der Waals surface area contributed by atoms with Crippen molar-refractivity contribution in [2.45, 2.75) is 57.0 Å². The minimum absolute atomic E-state index is 0.158. The number of likely N-dealkylation sites (tertiary alicyclic amines) is 1. The van der Waals surface area contributed by atoms with Gasteiger partial charge in [0.15, 0.2) is 0 Å². The summed E-state index contributed by atoms with van der Waals surface area (Å²) in [5, 5.41) is 9.38. The summed E-state index contributed by atoms with van der Waals surface area (Å²) in [7, 11) is 0. The van der Waals surface area contributed by atoms with Crippen LogP contribution in [0.15, 0.2) is 30.3 Å². The van der Waals surface area contributed by atoms with Crippen LogP contribution in [0.5, 0.6) is 0 Å². The Balaban J connectivity index is 1.26. The highest BCUT2D eigenvalue weighted by atomic mass is 16.5. The van der Waals surface area contributed by atoms with E-state index in [0.717, 1.165) is 51.6 Å². The number of carbonyl (C=O) groups excluding carboxylic acids is 1. The third-order valence-electron chi connectivity index (χ3n) is 7.12.